The fraction of sp³-hybridized carbons (Fsp3) is 0.417. The molecule has 1 amide bonds. The molecule has 1 aliphatic heterocycles. The van der Waals surface area contributed by atoms with E-state index in [1.165, 1.54) is 12.1 Å². The van der Waals surface area contributed by atoms with E-state index in [1.54, 1.807) is 0 Å². The Labute approximate surface area is 102 Å². The smallest absolute Gasteiger partial charge is 0.368 e. The van der Waals surface area contributed by atoms with E-state index >= 15 is 0 Å². The Morgan fingerprint density at radius 1 is 1.28 bits per heavy atom. The molecule has 0 unspecified atom stereocenters. The number of carbonyl (C=O) groups is 1. The lowest BCUT2D eigenvalue weighted by Crippen LogP contribution is -2.26. The second-order valence-corrected chi connectivity index (χ2v) is 4.07. The van der Waals surface area contributed by atoms with Crippen LogP contribution in [-0.2, 0) is 15.7 Å². The zero-order valence-electron chi connectivity index (χ0n) is 9.46. The molecule has 2 rings (SSSR count). The van der Waals surface area contributed by atoms with Crippen LogP contribution in [0, 0.1) is 0 Å². The van der Waals surface area contributed by atoms with E-state index in [2.05, 4.69) is 5.32 Å². The molecule has 3 nitrogen and oxygen atoms in total. The molecule has 1 saturated heterocycles. The average Bonchev–Trinajstić information content (AvgIpc) is 2.82. The van der Waals surface area contributed by atoms with Crippen LogP contribution < -0.4 is 5.32 Å². The summed E-state index contributed by atoms with van der Waals surface area (Å²) >= 11 is 0. The van der Waals surface area contributed by atoms with Crippen LogP contribution in [0.5, 0.6) is 0 Å². The van der Waals surface area contributed by atoms with Gasteiger partial charge in [-0.1, -0.05) is 0 Å². The van der Waals surface area contributed by atoms with Crippen molar-refractivity contribution in [2.45, 2.75) is 25.1 Å². The number of hydrogen-bond acceptors (Lipinski definition) is 2. The van der Waals surface area contributed by atoms with E-state index in [1.807, 2.05) is 0 Å². The fourth-order valence-electron chi connectivity index (χ4n) is 1.75. The normalized spacial score (nSPS) is 19.8. The summed E-state index contributed by atoms with van der Waals surface area (Å²) in [7, 11) is 0. The number of nitrogens with one attached hydrogen (secondary N) is 1. The standard InChI is InChI=1S/C12H12F3NO2/c13-12(14,15)8-3-5-9(6-4-8)16-11(17)10-2-1-7-18-10/h3-6,10H,1-2,7H2,(H,16,17)/t10-/m0/s1. The molecule has 1 fully saturated rings. The summed E-state index contributed by atoms with van der Waals surface area (Å²) in [6.07, 6.45) is -3.39. The summed E-state index contributed by atoms with van der Waals surface area (Å²) < 4.78 is 42.1. The van der Waals surface area contributed by atoms with Gasteiger partial charge in [0.25, 0.3) is 5.91 Å². The van der Waals surface area contributed by atoms with Crippen molar-refractivity contribution in [1.29, 1.82) is 0 Å². The molecule has 1 aromatic rings. The fourth-order valence-corrected chi connectivity index (χ4v) is 1.75. The van der Waals surface area contributed by atoms with Gasteiger partial charge in [-0.3, -0.25) is 4.79 Å². The minimum atomic E-state index is -4.36. The predicted octanol–water partition coefficient (Wildman–Crippen LogP) is 2.82. The van der Waals surface area contributed by atoms with Crippen molar-refractivity contribution in [3.05, 3.63) is 29.8 Å². The Hall–Kier alpha value is -1.56. The molecule has 98 valence electrons. The molecule has 18 heavy (non-hydrogen) atoms. The van der Waals surface area contributed by atoms with Crippen LogP contribution in [0.3, 0.4) is 0 Å². The highest BCUT2D eigenvalue weighted by Gasteiger charge is 2.30. The predicted molar refractivity (Wildman–Crippen MR) is 59.0 cm³/mol. The maximum atomic E-state index is 12.3. The van der Waals surface area contributed by atoms with Gasteiger partial charge in [0.05, 0.1) is 5.56 Å². The summed E-state index contributed by atoms with van der Waals surface area (Å²) in [6.45, 7) is 0.547. The van der Waals surface area contributed by atoms with Gasteiger partial charge in [0.2, 0.25) is 0 Å². The number of alkyl halides is 3. The summed E-state index contributed by atoms with van der Waals surface area (Å²) in [4.78, 5) is 11.6. The lowest BCUT2D eigenvalue weighted by atomic mass is 10.2. The highest BCUT2D eigenvalue weighted by atomic mass is 19.4. The number of benzene rings is 1. The van der Waals surface area contributed by atoms with Crippen LogP contribution >= 0.6 is 0 Å². The number of ether oxygens (including phenoxy) is 1. The number of rotatable bonds is 2. The first-order valence-corrected chi connectivity index (χ1v) is 5.56. The van der Waals surface area contributed by atoms with Crippen LogP contribution in [-0.4, -0.2) is 18.6 Å². The number of anilines is 1. The van der Waals surface area contributed by atoms with Gasteiger partial charge in [0.15, 0.2) is 0 Å². The Balaban J connectivity index is 2.00. The van der Waals surface area contributed by atoms with Crippen LogP contribution in [0.1, 0.15) is 18.4 Å². The molecule has 0 aromatic heterocycles. The molecular weight excluding hydrogens is 247 g/mol. The highest BCUT2D eigenvalue weighted by Crippen LogP contribution is 2.29. The first kappa shape index (κ1) is 12.9. The van der Waals surface area contributed by atoms with E-state index in [-0.39, 0.29) is 5.91 Å². The molecule has 0 spiro atoms. The Morgan fingerprint density at radius 2 is 1.94 bits per heavy atom. The molecule has 1 heterocycles. The second-order valence-electron chi connectivity index (χ2n) is 4.07. The van der Waals surface area contributed by atoms with E-state index < -0.39 is 17.8 Å². The van der Waals surface area contributed by atoms with Crippen LogP contribution in [0.4, 0.5) is 18.9 Å². The molecule has 1 N–H and O–H groups in total. The first-order chi connectivity index (χ1) is 8.47. The lowest BCUT2D eigenvalue weighted by Gasteiger charge is -2.11. The van der Waals surface area contributed by atoms with E-state index in [9.17, 15) is 18.0 Å². The Kier molecular flexibility index (Phi) is 3.56. The molecule has 0 radical (unpaired) electrons. The molecule has 1 atom stereocenters. The SMILES string of the molecule is O=C(Nc1ccc(C(F)(F)F)cc1)[C@@H]1CCCO1. The summed E-state index contributed by atoms with van der Waals surface area (Å²) in [5, 5.41) is 2.53. The van der Waals surface area contributed by atoms with Gasteiger partial charge in [0.1, 0.15) is 6.10 Å². The summed E-state index contributed by atoms with van der Waals surface area (Å²) in [6, 6.07) is 4.33. The third-order valence-electron chi connectivity index (χ3n) is 2.70. The zero-order valence-corrected chi connectivity index (χ0v) is 9.46. The van der Waals surface area contributed by atoms with Crippen molar-refractivity contribution in [3.63, 3.8) is 0 Å². The van der Waals surface area contributed by atoms with Crippen LogP contribution in [0.2, 0.25) is 0 Å². The van der Waals surface area contributed by atoms with Gasteiger partial charge in [0, 0.05) is 12.3 Å². The summed E-state index contributed by atoms with van der Waals surface area (Å²) in [5.41, 5.74) is -0.402. The molecule has 0 saturated carbocycles. The summed E-state index contributed by atoms with van der Waals surface area (Å²) in [5.74, 6) is -0.313. The highest BCUT2D eigenvalue weighted by molar-refractivity contribution is 5.94. The number of halogens is 3. The van der Waals surface area contributed by atoms with Crippen molar-refractivity contribution in [1.82, 2.24) is 0 Å². The van der Waals surface area contributed by atoms with Gasteiger partial charge in [-0.15, -0.1) is 0 Å². The van der Waals surface area contributed by atoms with Crippen molar-refractivity contribution in [2.75, 3.05) is 11.9 Å². The molecular formula is C12H12F3NO2. The lowest BCUT2D eigenvalue weighted by molar-refractivity contribution is -0.137. The molecule has 1 aliphatic rings. The quantitative estimate of drug-likeness (QED) is 0.886. The van der Waals surface area contributed by atoms with E-state index in [0.717, 1.165) is 18.6 Å². The van der Waals surface area contributed by atoms with Gasteiger partial charge in [-0.25, -0.2) is 0 Å². The molecule has 1 aromatic carbocycles. The Morgan fingerprint density at radius 3 is 2.44 bits per heavy atom. The van der Waals surface area contributed by atoms with Crippen molar-refractivity contribution >= 4 is 11.6 Å². The Bertz CT molecular complexity index is 422. The molecule has 0 aliphatic carbocycles. The van der Waals surface area contributed by atoms with Gasteiger partial charge < -0.3 is 10.1 Å². The monoisotopic (exact) mass is 259 g/mol. The number of carbonyl (C=O) groups excluding carboxylic acids is 1. The maximum absolute atomic E-state index is 12.3. The van der Waals surface area contributed by atoms with Gasteiger partial charge in [-0.2, -0.15) is 13.2 Å². The topological polar surface area (TPSA) is 38.3 Å². The van der Waals surface area contributed by atoms with Crippen LogP contribution in [0.15, 0.2) is 24.3 Å². The van der Waals surface area contributed by atoms with Crippen molar-refractivity contribution in [2.24, 2.45) is 0 Å². The molecule has 0 bridgehead atoms. The number of hydrogen-bond donors (Lipinski definition) is 1. The van der Waals surface area contributed by atoms with Gasteiger partial charge in [-0.05, 0) is 37.1 Å². The average molecular weight is 259 g/mol. The minimum absolute atomic E-state index is 0.313. The third kappa shape index (κ3) is 3.01. The zero-order chi connectivity index (χ0) is 13.2. The van der Waals surface area contributed by atoms with Crippen molar-refractivity contribution in [3.8, 4) is 0 Å². The van der Waals surface area contributed by atoms with E-state index in [0.29, 0.717) is 18.7 Å². The first-order valence-electron chi connectivity index (χ1n) is 5.56. The maximum Gasteiger partial charge on any atom is 0.416 e. The van der Waals surface area contributed by atoms with Crippen molar-refractivity contribution < 1.29 is 22.7 Å². The number of amides is 1. The third-order valence-corrected chi connectivity index (χ3v) is 2.70. The van der Waals surface area contributed by atoms with Crippen LogP contribution in [0.25, 0.3) is 0 Å². The minimum Gasteiger partial charge on any atom is -0.368 e. The van der Waals surface area contributed by atoms with E-state index in [4.69, 9.17) is 4.74 Å². The largest absolute Gasteiger partial charge is 0.416 e. The molecule has 6 heteroatoms. The second kappa shape index (κ2) is 4.97. The van der Waals surface area contributed by atoms with Gasteiger partial charge >= 0.3 is 6.18 Å².